The van der Waals surface area contributed by atoms with Crippen LogP contribution < -0.4 is 0 Å². The predicted molar refractivity (Wildman–Crippen MR) is 192 cm³/mol. The van der Waals surface area contributed by atoms with E-state index in [4.69, 9.17) is 4.74 Å². The highest BCUT2D eigenvalue weighted by Gasteiger charge is 2.43. The summed E-state index contributed by atoms with van der Waals surface area (Å²) in [6.07, 6.45) is 10.8. The Morgan fingerprint density at radius 1 is 0.500 bits per heavy atom. The Balaban J connectivity index is 1.41. The van der Waals surface area contributed by atoms with Gasteiger partial charge in [-0.1, -0.05) is 44.9 Å². The molecular weight excluding hydrogens is 589 g/mol. The summed E-state index contributed by atoms with van der Waals surface area (Å²) in [6.45, 7) is 15.8. The van der Waals surface area contributed by atoms with Gasteiger partial charge in [0, 0.05) is 61.8 Å². The maximum absolute atomic E-state index is 14.1. The number of ether oxygens (including phenoxy) is 1. The normalized spacial score (nSPS) is 17.6. The standard InChI is InChI=1S/C39H56N4O2S/c1-36(2)27-17-19-29(40-27)37(3,4)31-21-23-33(42-31)39(7,35(44)45-25-15-13-11-9-8-10-12-14-16-26-46)34-24-22-32(43-34)38(5,6)30-20-18-28(36)41-30/h17-24,40-43,46H,8-16,25-26H2,1-7H3. The lowest BCUT2D eigenvalue weighted by Gasteiger charge is -2.29. The number of hydrogen-bond donors (Lipinski definition) is 5. The Morgan fingerprint density at radius 2 is 0.783 bits per heavy atom. The molecule has 0 atom stereocenters. The summed E-state index contributed by atoms with van der Waals surface area (Å²) < 4.78 is 6.07. The average molecular weight is 645 g/mol. The number of esters is 1. The molecule has 4 N–H and O–H groups in total. The fourth-order valence-corrected chi connectivity index (χ4v) is 7.14. The van der Waals surface area contributed by atoms with Crippen molar-refractivity contribution in [3.63, 3.8) is 0 Å². The van der Waals surface area contributed by atoms with E-state index in [1.807, 2.05) is 6.92 Å². The quantitative estimate of drug-likeness (QED) is 0.0604. The topological polar surface area (TPSA) is 89.5 Å². The summed E-state index contributed by atoms with van der Waals surface area (Å²) >= 11 is 4.30. The van der Waals surface area contributed by atoms with Gasteiger partial charge in [-0.15, -0.1) is 0 Å². The third-order valence-electron chi connectivity index (χ3n) is 10.8. The second kappa shape index (κ2) is 13.6. The van der Waals surface area contributed by atoms with Crippen LogP contribution in [0.25, 0.3) is 0 Å². The summed E-state index contributed by atoms with van der Waals surface area (Å²) in [4.78, 5) is 29.0. The molecule has 7 heteroatoms. The highest BCUT2D eigenvalue weighted by Crippen LogP contribution is 2.41. The van der Waals surface area contributed by atoms with Crippen LogP contribution in [0.15, 0.2) is 48.5 Å². The zero-order valence-electron chi connectivity index (χ0n) is 29.2. The lowest BCUT2D eigenvalue weighted by atomic mass is 9.83. The van der Waals surface area contributed by atoms with Gasteiger partial charge in [-0.25, -0.2) is 0 Å². The van der Waals surface area contributed by atoms with Crippen molar-refractivity contribution in [2.45, 2.75) is 128 Å². The number of carbonyl (C=O) groups excluding carboxylic acids is 1. The van der Waals surface area contributed by atoms with E-state index in [1.165, 1.54) is 44.9 Å². The Bertz CT molecular complexity index is 1500. The highest BCUT2D eigenvalue weighted by molar-refractivity contribution is 7.80. The van der Waals surface area contributed by atoms with Crippen LogP contribution in [0, 0.1) is 0 Å². The van der Waals surface area contributed by atoms with Crippen LogP contribution in [0.2, 0.25) is 0 Å². The Kier molecular flexibility index (Phi) is 10.1. The van der Waals surface area contributed by atoms with E-state index >= 15 is 0 Å². The monoisotopic (exact) mass is 644 g/mol. The summed E-state index contributed by atoms with van der Waals surface area (Å²) in [5, 5.41) is 0. The van der Waals surface area contributed by atoms with E-state index in [-0.39, 0.29) is 22.2 Å². The van der Waals surface area contributed by atoms with Crippen molar-refractivity contribution in [3.8, 4) is 0 Å². The molecule has 6 nitrogen and oxygen atoms in total. The molecule has 0 saturated carbocycles. The third-order valence-corrected chi connectivity index (χ3v) is 11.1. The van der Waals surface area contributed by atoms with Crippen LogP contribution in [0.1, 0.15) is 152 Å². The minimum atomic E-state index is -1.03. The first-order chi connectivity index (χ1) is 21.8. The lowest BCUT2D eigenvalue weighted by Crippen LogP contribution is -2.37. The molecule has 0 saturated heterocycles. The van der Waals surface area contributed by atoms with Gasteiger partial charge in [0.1, 0.15) is 5.41 Å². The molecule has 0 radical (unpaired) electrons. The molecule has 4 aromatic rings. The first-order valence-corrected chi connectivity index (χ1v) is 18.0. The van der Waals surface area contributed by atoms with Crippen molar-refractivity contribution >= 4 is 18.6 Å². The van der Waals surface area contributed by atoms with Crippen LogP contribution in [-0.4, -0.2) is 38.3 Å². The smallest absolute Gasteiger partial charge is 0.323 e. The number of unbranched alkanes of at least 4 members (excludes halogenated alkanes) is 8. The zero-order valence-corrected chi connectivity index (χ0v) is 30.1. The lowest BCUT2D eigenvalue weighted by molar-refractivity contribution is -0.148. The van der Waals surface area contributed by atoms with Crippen LogP contribution in [0.4, 0.5) is 0 Å². The molecule has 250 valence electrons. The number of fused-ring (bicyclic) bond motifs is 8. The molecule has 1 aliphatic heterocycles. The Morgan fingerprint density at radius 3 is 1.13 bits per heavy atom. The number of hydrogen-bond acceptors (Lipinski definition) is 3. The van der Waals surface area contributed by atoms with E-state index in [0.29, 0.717) is 6.61 Å². The fraction of sp³-hybridized carbons (Fsp3) is 0.564. The van der Waals surface area contributed by atoms with Crippen molar-refractivity contribution in [1.82, 2.24) is 19.9 Å². The Labute approximate surface area is 281 Å². The van der Waals surface area contributed by atoms with E-state index in [1.54, 1.807) is 0 Å². The van der Waals surface area contributed by atoms with Gasteiger partial charge in [-0.3, -0.25) is 4.79 Å². The fourth-order valence-electron chi connectivity index (χ4n) is 6.91. The van der Waals surface area contributed by atoms with Crippen LogP contribution in [0.3, 0.4) is 0 Å². The second-order valence-corrected chi connectivity index (χ2v) is 15.6. The number of rotatable bonds is 12. The molecular formula is C39H56N4O2S. The molecule has 1 aliphatic rings. The largest absolute Gasteiger partial charge is 0.465 e. The van der Waals surface area contributed by atoms with Gasteiger partial charge in [0.15, 0.2) is 0 Å². The molecule has 0 aliphatic carbocycles. The first kappa shape index (κ1) is 34.3. The van der Waals surface area contributed by atoms with Gasteiger partial charge < -0.3 is 24.7 Å². The number of thiol groups is 1. The summed E-state index contributed by atoms with van der Waals surface area (Å²) in [5.41, 5.74) is 6.32. The first-order valence-electron chi connectivity index (χ1n) is 17.4. The summed E-state index contributed by atoms with van der Waals surface area (Å²) in [6, 6.07) is 17.1. The number of aromatic nitrogens is 4. The molecule has 5 rings (SSSR count). The van der Waals surface area contributed by atoms with Crippen molar-refractivity contribution in [1.29, 1.82) is 0 Å². The minimum Gasteiger partial charge on any atom is -0.465 e. The maximum Gasteiger partial charge on any atom is 0.323 e. The van der Waals surface area contributed by atoms with Crippen molar-refractivity contribution < 1.29 is 9.53 Å². The van der Waals surface area contributed by atoms with Crippen molar-refractivity contribution in [3.05, 3.63) is 94.1 Å². The molecule has 0 unspecified atom stereocenters. The van der Waals surface area contributed by atoms with Gasteiger partial charge in [-0.2, -0.15) is 12.6 Å². The van der Waals surface area contributed by atoms with E-state index in [0.717, 1.165) is 64.1 Å². The van der Waals surface area contributed by atoms with E-state index in [2.05, 4.69) is 123 Å². The summed E-state index contributed by atoms with van der Waals surface area (Å²) in [5.74, 6) is 0.756. The zero-order chi connectivity index (χ0) is 33.2. The number of H-pyrrole nitrogens is 4. The molecule has 4 aromatic heterocycles. The molecule has 0 aromatic carbocycles. The van der Waals surface area contributed by atoms with Gasteiger partial charge in [0.2, 0.25) is 0 Å². The molecule has 5 heterocycles. The average Bonchev–Trinajstić information content (AvgIpc) is 3.85. The molecule has 0 spiro atoms. The second-order valence-electron chi connectivity index (χ2n) is 15.2. The maximum atomic E-state index is 14.1. The van der Waals surface area contributed by atoms with Gasteiger partial charge in [-0.05, 0) is 116 Å². The third kappa shape index (κ3) is 6.54. The molecule has 0 fully saturated rings. The van der Waals surface area contributed by atoms with Crippen LogP contribution >= 0.6 is 12.6 Å². The number of aromatic amines is 4. The van der Waals surface area contributed by atoms with Crippen molar-refractivity contribution in [2.75, 3.05) is 12.4 Å². The minimum absolute atomic E-state index is 0.235. The van der Waals surface area contributed by atoms with Crippen molar-refractivity contribution in [2.24, 2.45) is 0 Å². The summed E-state index contributed by atoms with van der Waals surface area (Å²) in [7, 11) is 0. The molecule has 8 bridgehead atoms. The Hall–Kier alpha value is -3.06. The van der Waals surface area contributed by atoms with Crippen LogP contribution in [0.5, 0.6) is 0 Å². The van der Waals surface area contributed by atoms with E-state index in [9.17, 15) is 4.79 Å². The van der Waals surface area contributed by atoms with Gasteiger partial charge in [0.25, 0.3) is 0 Å². The predicted octanol–water partition coefficient (Wildman–Crippen LogP) is 9.58. The van der Waals surface area contributed by atoms with E-state index < -0.39 is 5.41 Å². The SMILES string of the molecule is CC1(C)c2ccc([nH]2)C(C)(C)c2ccc([nH]2)C(C)(C(=O)OCCCCCCCCCCCS)c2ccc([nH]2)C(C)(C)c2ccc1[nH]2. The highest BCUT2D eigenvalue weighted by atomic mass is 32.1. The number of carbonyl (C=O) groups is 1. The van der Waals surface area contributed by atoms with Crippen LogP contribution in [-0.2, 0) is 31.2 Å². The van der Waals surface area contributed by atoms with Gasteiger partial charge >= 0.3 is 5.97 Å². The van der Waals surface area contributed by atoms with Gasteiger partial charge in [0.05, 0.1) is 6.61 Å². The molecule has 46 heavy (non-hydrogen) atoms. The molecule has 0 amide bonds. The number of nitrogens with one attached hydrogen (secondary N) is 4.